The van der Waals surface area contributed by atoms with Crippen LogP contribution in [0.4, 0.5) is 4.79 Å². The van der Waals surface area contributed by atoms with Gasteiger partial charge in [0.15, 0.2) is 0 Å². The Labute approximate surface area is 130 Å². The predicted octanol–water partition coefficient (Wildman–Crippen LogP) is 2.58. The molecule has 1 aliphatic carbocycles. The number of nitrogens with one attached hydrogen (secondary N) is 2. The molecule has 6 heteroatoms. The fourth-order valence-corrected chi connectivity index (χ4v) is 3.71. The molecule has 0 saturated heterocycles. The molecule has 0 aromatic carbocycles. The van der Waals surface area contributed by atoms with E-state index >= 15 is 0 Å². The van der Waals surface area contributed by atoms with Crippen molar-refractivity contribution in [3.05, 3.63) is 16.1 Å². The molecule has 1 fully saturated rings. The van der Waals surface area contributed by atoms with Crippen molar-refractivity contribution in [3.63, 3.8) is 0 Å². The van der Waals surface area contributed by atoms with E-state index in [-0.39, 0.29) is 18.7 Å². The minimum absolute atomic E-state index is 0.0819. The second kappa shape index (κ2) is 8.34. The molecule has 21 heavy (non-hydrogen) atoms. The summed E-state index contributed by atoms with van der Waals surface area (Å²) in [7, 11) is 0. The zero-order valence-electron chi connectivity index (χ0n) is 12.6. The number of hydrogen-bond donors (Lipinski definition) is 3. The number of carbonyl (C=O) groups excluding carboxylic acids is 1. The van der Waals surface area contributed by atoms with E-state index < -0.39 is 0 Å². The first kappa shape index (κ1) is 16.2. The lowest BCUT2D eigenvalue weighted by Crippen LogP contribution is -2.46. The first-order valence-corrected chi connectivity index (χ1v) is 8.57. The van der Waals surface area contributed by atoms with Crippen LogP contribution in [0.5, 0.6) is 0 Å². The van der Waals surface area contributed by atoms with E-state index in [0.717, 1.165) is 22.7 Å². The molecular weight excluding hydrogens is 286 g/mol. The van der Waals surface area contributed by atoms with Crippen LogP contribution in [0.1, 0.15) is 48.4 Å². The zero-order valence-corrected chi connectivity index (χ0v) is 13.4. The number of thiazole rings is 1. The van der Waals surface area contributed by atoms with Gasteiger partial charge in [0.25, 0.3) is 0 Å². The molecule has 1 aromatic heterocycles. The van der Waals surface area contributed by atoms with Crippen molar-refractivity contribution in [1.29, 1.82) is 0 Å². The van der Waals surface area contributed by atoms with Crippen LogP contribution in [0, 0.1) is 12.8 Å². The Balaban J connectivity index is 1.79. The maximum absolute atomic E-state index is 12.0. The Morgan fingerprint density at radius 3 is 2.86 bits per heavy atom. The molecule has 3 N–H and O–H groups in total. The molecule has 0 bridgehead atoms. The zero-order chi connectivity index (χ0) is 15.1. The molecule has 0 radical (unpaired) electrons. The molecule has 0 spiro atoms. The molecule has 118 valence electrons. The van der Waals surface area contributed by atoms with Gasteiger partial charge in [-0.05, 0) is 32.1 Å². The highest BCUT2D eigenvalue weighted by atomic mass is 32.1. The molecule has 1 unspecified atom stereocenters. The number of urea groups is 1. The van der Waals surface area contributed by atoms with Crippen LogP contribution in [0.3, 0.4) is 0 Å². The molecule has 5 nitrogen and oxygen atoms in total. The Bertz CT molecular complexity index is 444. The number of aliphatic hydroxyl groups excluding tert-OH is 1. The molecule has 1 aromatic rings. The van der Waals surface area contributed by atoms with Gasteiger partial charge in [0.1, 0.15) is 0 Å². The Morgan fingerprint density at radius 1 is 1.48 bits per heavy atom. The van der Waals surface area contributed by atoms with Crippen molar-refractivity contribution in [3.8, 4) is 0 Å². The third-order valence-corrected chi connectivity index (χ3v) is 4.98. The monoisotopic (exact) mass is 311 g/mol. The maximum atomic E-state index is 12.0. The summed E-state index contributed by atoms with van der Waals surface area (Å²) in [4.78, 5) is 17.3. The molecular formula is C15H25N3O2S. The van der Waals surface area contributed by atoms with Crippen LogP contribution in [0.2, 0.25) is 0 Å². The first-order chi connectivity index (χ1) is 10.2. The number of aliphatic hydroxyl groups is 1. The lowest BCUT2D eigenvalue weighted by atomic mass is 9.83. The second-order valence-electron chi connectivity index (χ2n) is 5.69. The topological polar surface area (TPSA) is 74.2 Å². The van der Waals surface area contributed by atoms with Gasteiger partial charge in [-0.2, -0.15) is 0 Å². The van der Waals surface area contributed by atoms with Gasteiger partial charge < -0.3 is 15.7 Å². The number of nitrogens with zero attached hydrogens (tertiary/aromatic N) is 1. The van der Waals surface area contributed by atoms with Crippen LogP contribution in [0.25, 0.3) is 0 Å². The average Bonchev–Trinajstić information content (AvgIpc) is 2.91. The van der Waals surface area contributed by atoms with Crippen LogP contribution >= 0.6 is 11.3 Å². The second-order valence-corrected chi connectivity index (χ2v) is 7.01. The van der Waals surface area contributed by atoms with Gasteiger partial charge in [0.05, 0.1) is 11.6 Å². The van der Waals surface area contributed by atoms with Crippen molar-refractivity contribution >= 4 is 17.4 Å². The molecule has 2 rings (SSSR count). The quantitative estimate of drug-likeness (QED) is 0.756. The lowest BCUT2D eigenvalue weighted by Gasteiger charge is -2.30. The summed E-state index contributed by atoms with van der Waals surface area (Å²) in [6.45, 7) is 2.58. The van der Waals surface area contributed by atoms with Gasteiger partial charge in [-0.25, -0.2) is 9.78 Å². The summed E-state index contributed by atoms with van der Waals surface area (Å²) < 4.78 is 0. The van der Waals surface area contributed by atoms with Crippen LogP contribution in [-0.2, 0) is 6.54 Å². The van der Waals surface area contributed by atoms with E-state index in [0.29, 0.717) is 18.9 Å². The van der Waals surface area contributed by atoms with Crippen LogP contribution < -0.4 is 10.6 Å². The lowest BCUT2D eigenvalue weighted by molar-refractivity contribution is 0.196. The van der Waals surface area contributed by atoms with E-state index in [1.165, 1.54) is 19.3 Å². The smallest absolute Gasteiger partial charge is 0.315 e. The Morgan fingerprint density at radius 2 is 2.24 bits per heavy atom. The van der Waals surface area contributed by atoms with E-state index in [2.05, 4.69) is 15.6 Å². The summed E-state index contributed by atoms with van der Waals surface area (Å²) in [5, 5.41) is 16.1. The van der Waals surface area contributed by atoms with Gasteiger partial charge in [0.2, 0.25) is 0 Å². The van der Waals surface area contributed by atoms with Crippen LogP contribution in [-0.4, -0.2) is 28.8 Å². The number of aryl methyl sites for hydroxylation is 1. The highest BCUT2D eigenvalue weighted by Gasteiger charge is 2.24. The number of carbonyl (C=O) groups is 1. The van der Waals surface area contributed by atoms with Crippen molar-refractivity contribution < 1.29 is 9.90 Å². The standard InChI is InChI=1S/C15H25N3O2S/c1-11-16-9-13(21-11)10-17-15(20)18-14(7-8-19)12-5-3-2-4-6-12/h9,12,14,19H,2-8,10H2,1H3,(H2,17,18,20). The van der Waals surface area contributed by atoms with Crippen molar-refractivity contribution in [2.45, 2.75) is 58.0 Å². The summed E-state index contributed by atoms with van der Waals surface area (Å²) in [5.74, 6) is 0.502. The Hall–Kier alpha value is -1.14. The largest absolute Gasteiger partial charge is 0.396 e. The van der Waals surface area contributed by atoms with Gasteiger partial charge in [-0.15, -0.1) is 11.3 Å². The maximum Gasteiger partial charge on any atom is 0.315 e. The van der Waals surface area contributed by atoms with E-state index in [9.17, 15) is 9.90 Å². The van der Waals surface area contributed by atoms with Gasteiger partial charge >= 0.3 is 6.03 Å². The van der Waals surface area contributed by atoms with Gasteiger partial charge in [-0.3, -0.25) is 0 Å². The Kier molecular flexibility index (Phi) is 6.45. The number of hydrogen-bond acceptors (Lipinski definition) is 4. The third-order valence-electron chi connectivity index (χ3n) is 4.07. The van der Waals surface area contributed by atoms with E-state index in [1.54, 1.807) is 17.5 Å². The summed E-state index contributed by atoms with van der Waals surface area (Å²) in [6, 6.07) is -0.0661. The van der Waals surface area contributed by atoms with Crippen molar-refractivity contribution in [2.75, 3.05) is 6.61 Å². The summed E-state index contributed by atoms with van der Waals surface area (Å²) in [6.07, 6.45) is 8.49. The fourth-order valence-electron chi connectivity index (χ4n) is 2.98. The fraction of sp³-hybridized carbons (Fsp3) is 0.733. The van der Waals surface area contributed by atoms with E-state index in [1.807, 2.05) is 6.92 Å². The molecule has 0 aliphatic heterocycles. The average molecular weight is 311 g/mol. The summed E-state index contributed by atoms with van der Waals surface area (Å²) in [5.41, 5.74) is 0. The van der Waals surface area contributed by atoms with Crippen LogP contribution in [0.15, 0.2) is 6.20 Å². The van der Waals surface area contributed by atoms with E-state index in [4.69, 9.17) is 0 Å². The SMILES string of the molecule is Cc1ncc(CNC(=O)NC(CCO)C2CCCCC2)s1. The molecule has 1 atom stereocenters. The summed E-state index contributed by atoms with van der Waals surface area (Å²) >= 11 is 1.59. The highest BCUT2D eigenvalue weighted by molar-refractivity contribution is 7.11. The number of aromatic nitrogens is 1. The number of amides is 2. The number of rotatable bonds is 6. The molecule has 2 amide bonds. The van der Waals surface area contributed by atoms with Crippen molar-refractivity contribution in [2.24, 2.45) is 5.92 Å². The minimum Gasteiger partial charge on any atom is -0.396 e. The van der Waals surface area contributed by atoms with Gasteiger partial charge in [0, 0.05) is 23.7 Å². The molecule has 1 aliphatic rings. The molecule has 1 heterocycles. The first-order valence-electron chi connectivity index (χ1n) is 7.75. The predicted molar refractivity (Wildman–Crippen MR) is 84.3 cm³/mol. The van der Waals surface area contributed by atoms with Crippen molar-refractivity contribution in [1.82, 2.24) is 15.6 Å². The third kappa shape index (κ3) is 5.28. The highest BCUT2D eigenvalue weighted by Crippen LogP contribution is 2.27. The normalized spacial score (nSPS) is 17.4. The molecule has 1 saturated carbocycles. The minimum atomic E-state index is -0.148. The van der Waals surface area contributed by atoms with Gasteiger partial charge in [-0.1, -0.05) is 19.3 Å².